The number of hydrogen-bond acceptors (Lipinski definition) is 4. The van der Waals surface area contributed by atoms with Gasteiger partial charge in [0.15, 0.2) is 0 Å². The zero-order valence-corrected chi connectivity index (χ0v) is 7.69. The summed E-state index contributed by atoms with van der Waals surface area (Å²) in [5.74, 6) is 0.104. The third-order valence-electron chi connectivity index (χ3n) is 1.20. The monoisotopic (exact) mass is 220 g/mol. The first-order valence-electron chi connectivity index (χ1n) is 2.82. The summed E-state index contributed by atoms with van der Waals surface area (Å²) in [7, 11) is -3.84. The fourth-order valence-corrected chi connectivity index (χ4v) is 2.41. The SMILES string of the molecule is O=S1(=O)O[C@@H](CCl)[C@@H](CCl)O1. The van der Waals surface area contributed by atoms with Gasteiger partial charge < -0.3 is 0 Å². The molecule has 0 unspecified atom stereocenters. The van der Waals surface area contributed by atoms with Crippen molar-refractivity contribution in [2.24, 2.45) is 0 Å². The Bertz CT molecular complexity index is 208. The Hall–Kier alpha value is 0.450. The zero-order valence-electron chi connectivity index (χ0n) is 5.37. The molecule has 0 aromatic carbocycles. The molecule has 4 nitrogen and oxygen atoms in total. The van der Waals surface area contributed by atoms with Crippen molar-refractivity contribution in [2.75, 3.05) is 11.8 Å². The maximum atomic E-state index is 10.6. The van der Waals surface area contributed by atoms with Crippen LogP contribution in [-0.4, -0.2) is 32.4 Å². The Kier molecular flexibility index (Phi) is 2.99. The molecule has 0 radical (unpaired) electrons. The number of rotatable bonds is 2. The average Bonchev–Trinajstić information content (AvgIpc) is 2.25. The van der Waals surface area contributed by atoms with Gasteiger partial charge in [-0.15, -0.1) is 23.2 Å². The summed E-state index contributed by atoms with van der Waals surface area (Å²) in [4.78, 5) is 0. The molecule has 1 rings (SSSR count). The molecule has 66 valence electrons. The molecule has 2 atom stereocenters. The second-order valence-electron chi connectivity index (χ2n) is 1.99. The van der Waals surface area contributed by atoms with Crippen molar-refractivity contribution in [1.29, 1.82) is 0 Å². The molecular formula is C4H6Cl2O4S. The predicted octanol–water partition coefficient (Wildman–Crippen LogP) is 0.493. The van der Waals surface area contributed by atoms with E-state index in [4.69, 9.17) is 23.2 Å². The Balaban J connectivity index is 2.70. The maximum absolute atomic E-state index is 10.6. The van der Waals surface area contributed by atoms with E-state index in [1.165, 1.54) is 0 Å². The van der Waals surface area contributed by atoms with Crippen LogP contribution in [-0.2, 0) is 18.8 Å². The fourth-order valence-electron chi connectivity index (χ4n) is 0.700. The van der Waals surface area contributed by atoms with E-state index in [2.05, 4.69) is 8.37 Å². The van der Waals surface area contributed by atoms with Gasteiger partial charge >= 0.3 is 10.4 Å². The topological polar surface area (TPSA) is 52.6 Å². The van der Waals surface area contributed by atoms with Crippen molar-refractivity contribution in [3.63, 3.8) is 0 Å². The maximum Gasteiger partial charge on any atom is 0.400 e. The lowest BCUT2D eigenvalue weighted by Gasteiger charge is -2.06. The highest BCUT2D eigenvalue weighted by atomic mass is 35.5. The van der Waals surface area contributed by atoms with Gasteiger partial charge in [0.05, 0.1) is 11.8 Å². The lowest BCUT2D eigenvalue weighted by atomic mass is 10.3. The third-order valence-corrected chi connectivity index (χ3v) is 2.78. The van der Waals surface area contributed by atoms with Crippen LogP contribution in [0.1, 0.15) is 0 Å². The lowest BCUT2D eigenvalue weighted by Crippen LogP contribution is -2.25. The van der Waals surface area contributed by atoms with E-state index in [1.54, 1.807) is 0 Å². The zero-order chi connectivity index (χ0) is 8.48. The van der Waals surface area contributed by atoms with Crippen LogP contribution in [0, 0.1) is 0 Å². The van der Waals surface area contributed by atoms with Crippen LogP contribution in [0.4, 0.5) is 0 Å². The summed E-state index contributed by atoms with van der Waals surface area (Å²) in [6.07, 6.45) is -1.31. The van der Waals surface area contributed by atoms with Crippen LogP contribution >= 0.6 is 23.2 Å². The Morgan fingerprint density at radius 2 is 1.45 bits per heavy atom. The minimum atomic E-state index is -3.84. The molecular weight excluding hydrogens is 215 g/mol. The van der Waals surface area contributed by atoms with Gasteiger partial charge in [-0.2, -0.15) is 8.42 Å². The van der Waals surface area contributed by atoms with Crippen LogP contribution in [0.3, 0.4) is 0 Å². The molecule has 11 heavy (non-hydrogen) atoms. The molecule has 0 amide bonds. The number of alkyl halides is 2. The van der Waals surface area contributed by atoms with Crippen molar-refractivity contribution in [2.45, 2.75) is 12.2 Å². The van der Waals surface area contributed by atoms with E-state index in [9.17, 15) is 8.42 Å². The first-order chi connectivity index (χ1) is 5.09. The smallest absolute Gasteiger partial charge is 0.241 e. The summed E-state index contributed by atoms with van der Waals surface area (Å²) in [5, 5.41) is 0. The van der Waals surface area contributed by atoms with Crippen LogP contribution in [0.5, 0.6) is 0 Å². The van der Waals surface area contributed by atoms with Crippen molar-refractivity contribution in [1.82, 2.24) is 0 Å². The molecule has 0 aliphatic carbocycles. The van der Waals surface area contributed by atoms with Gasteiger partial charge in [0.2, 0.25) is 0 Å². The third kappa shape index (κ3) is 2.19. The molecule has 0 N–H and O–H groups in total. The Labute approximate surface area is 74.7 Å². The summed E-state index contributed by atoms with van der Waals surface area (Å²) in [6, 6.07) is 0. The molecule has 0 bridgehead atoms. The van der Waals surface area contributed by atoms with E-state index in [-0.39, 0.29) is 11.8 Å². The fraction of sp³-hybridized carbons (Fsp3) is 1.00. The molecule has 7 heteroatoms. The highest BCUT2D eigenvalue weighted by Crippen LogP contribution is 2.22. The van der Waals surface area contributed by atoms with Gasteiger partial charge in [-0.3, -0.25) is 0 Å². The van der Waals surface area contributed by atoms with Crippen LogP contribution in [0.2, 0.25) is 0 Å². The average molecular weight is 221 g/mol. The van der Waals surface area contributed by atoms with Crippen molar-refractivity contribution >= 4 is 33.6 Å². The van der Waals surface area contributed by atoms with Gasteiger partial charge in [-0.1, -0.05) is 0 Å². The summed E-state index contributed by atoms with van der Waals surface area (Å²) in [5.41, 5.74) is 0. The molecule has 0 aromatic rings. The van der Waals surface area contributed by atoms with E-state index in [0.29, 0.717) is 0 Å². The van der Waals surface area contributed by atoms with Gasteiger partial charge in [0.1, 0.15) is 12.2 Å². The largest absolute Gasteiger partial charge is 0.400 e. The van der Waals surface area contributed by atoms with Crippen LogP contribution in [0.15, 0.2) is 0 Å². The first-order valence-corrected chi connectivity index (χ1v) is 5.22. The molecule has 1 aliphatic heterocycles. The lowest BCUT2D eigenvalue weighted by molar-refractivity contribution is 0.193. The summed E-state index contributed by atoms with van der Waals surface area (Å²) >= 11 is 10.8. The van der Waals surface area contributed by atoms with Crippen LogP contribution < -0.4 is 0 Å². The van der Waals surface area contributed by atoms with E-state index in [0.717, 1.165) is 0 Å². The second-order valence-corrected chi connectivity index (χ2v) is 3.80. The van der Waals surface area contributed by atoms with Gasteiger partial charge in [0.25, 0.3) is 0 Å². The normalized spacial score (nSPS) is 35.8. The van der Waals surface area contributed by atoms with Crippen LogP contribution in [0.25, 0.3) is 0 Å². The molecule has 1 heterocycles. The first kappa shape index (κ1) is 9.54. The van der Waals surface area contributed by atoms with Crippen molar-refractivity contribution < 1.29 is 16.8 Å². The Morgan fingerprint density at radius 3 is 1.73 bits per heavy atom. The highest BCUT2D eigenvalue weighted by Gasteiger charge is 2.38. The van der Waals surface area contributed by atoms with Gasteiger partial charge in [-0.05, 0) is 0 Å². The summed E-state index contributed by atoms with van der Waals surface area (Å²) in [6.45, 7) is 0. The molecule has 1 saturated heterocycles. The number of halogens is 2. The molecule has 1 aliphatic rings. The highest BCUT2D eigenvalue weighted by molar-refractivity contribution is 7.82. The standard InChI is InChI=1S/C4H6Cl2O4S/c5-1-3-4(2-6)10-11(7,8)9-3/h3-4H,1-2H2/t3-,4+. The van der Waals surface area contributed by atoms with E-state index < -0.39 is 22.6 Å². The molecule has 0 aromatic heterocycles. The van der Waals surface area contributed by atoms with Crippen molar-refractivity contribution in [3.05, 3.63) is 0 Å². The van der Waals surface area contributed by atoms with E-state index in [1.807, 2.05) is 0 Å². The van der Waals surface area contributed by atoms with Crippen molar-refractivity contribution in [3.8, 4) is 0 Å². The van der Waals surface area contributed by atoms with E-state index >= 15 is 0 Å². The predicted molar refractivity (Wildman–Crippen MR) is 40.1 cm³/mol. The van der Waals surface area contributed by atoms with Gasteiger partial charge in [0, 0.05) is 0 Å². The quantitative estimate of drug-likeness (QED) is 0.637. The molecule has 0 saturated carbocycles. The second kappa shape index (κ2) is 3.45. The minimum absolute atomic E-state index is 0.0522. The minimum Gasteiger partial charge on any atom is -0.241 e. The number of hydrogen-bond donors (Lipinski definition) is 0. The summed E-state index contributed by atoms with van der Waals surface area (Å²) < 4.78 is 30.1. The molecule has 0 spiro atoms. The molecule has 1 fully saturated rings. The van der Waals surface area contributed by atoms with Gasteiger partial charge in [-0.25, -0.2) is 8.37 Å². The Morgan fingerprint density at radius 1 is 1.09 bits per heavy atom.